The summed E-state index contributed by atoms with van der Waals surface area (Å²) < 4.78 is 27.0. The quantitative estimate of drug-likeness (QED) is 0.441. The number of nitrogens with two attached hydrogens (primary N) is 1. The molecule has 0 saturated carbocycles. The van der Waals surface area contributed by atoms with Gasteiger partial charge in [-0.05, 0) is 24.1 Å². The number of rotatable bonds is 7. The standard InChI is InChI=1S/C13H19N3O5S/c1-21-8-2-7-15-12(17)13(18)16-9-10-3-5-11(6-4-10)22(14,19)20/h3-6H,2,7-9H2,1H3,(H,15,17)(H,16,18)(H2,14,19,20). The Morgan fingerprint density at radius 3 is 2.27 bits per heavy atom. The van der Waals surface area contributed by atoms with Crippen molar-refractivity contribution in [3.8, 4) is 0 Å². The molecule has 122 valence electrons. The van der Waals surface area contributed by atoms with E-state index >= 15 is 0 Å². The highest BCUT2D eigenvalue weighted by Gasteiger charge is 2.12. The summed E-state index contributed by atoms with van der Waals surface area (Å²) in [4.78, 5) is 23.0. The number of primary sulfonamides is 1. The van der Waals surface area contributed by atoms with Crippen molar-refractivity contribution >= 4 is 21.8 Å². The molecule has 1 rings (SSSR count). The Hall–Kier alpha value is -1.97. The fourth-order valence-electron chi connectivity index (χ4n) is 1.56. The van der Waals surface area contributed by atoms with Gasteiger partial charge in [0.25, 0.3) is 0 Å². The molecule has 0 aliphatic rings. The average molecular weight is 329 g/mol. The van der Waals surface area contributed by atoms with E-state index in [4.69, 9.17) is 9.88 Å². The van der Waals surface area contributed by atoms with E-state index in [0.29, 0.717) is 25.1 Å². The SMILES string of the molecule is COCCCNC(=O)C(=O)NCc1ccc(S(N)(=O)=O)cc1. The third kappa shape index (κ3) is 6.20. The molecule has 1 aromatic carbocycles. The number of hydrogen-bond donors (Lipinski definition) is 3. The monoisotopic (exact) mass is 329 g/mol. The number of amides is 2. The maximum absolute atomic E-state index is 11.5. The van der Waals surface area contributed by atoms with E-state index in [-0.39, 0.29) is 11.4 Å². The van der Waals surface area contributed by atoms with Gasteiger partial charge in [0.15, 0.2) is 0 Å². The number of carbonyl (C=O) groups is 2. The summed E-state index contributed by atoms with van der Waals surface area (Å²) in [7, 11) is -2.19. The van der Waals surface area contributed by atoms with E-state index in [1.165, 1.54) is 24.3 Å². The minimum atomic E-state index is -3.74. The third-order valence-corrected chi connectivity index (χ3v) is 3.65. The number of hydrogen-bond acceptors (Lipinski definition) is 5. The van der Waals surface area contributed by atoms with E-state index in [2.05, 4.69) is 10.6 Å². The van der Waals surface area contributed by atoms with Crippen molar-refractivity contribution in [2.45, 2.75) is 17.9 Å². The minimum Gasteiger partial charge on any atom is -0.385 e. The van der Waals surface area contributed by atoms with Crippen LogP contribution in [0.2, 0.25) is 0 Å². The maximum atomic E-state index is 11.5. The van der Waals surface area contributed by atoms with Crippen molar-refractivity contribution < 1.29 is 22.7 Å². The minimum absolute atomic E-state index is 0.0153. The summed E-state index contributed by atoms with van der Waals surface area (Å²) in [5.41, 5.74) is 0.646. The largest absolute Gasteiger partial charge is 0.385 e. The van der Waals surface area contributed by atoms with Gasteiger partial charge in [0.05, 0.1) is 4.90 Å². The lowest BCUT2D eigenvalue weighted by atomic mass is 10.2. The summed E-state index contributed by atoms with van der Waals surface area (Å²) in [5.74, 6) is -1.48. The van der Waals surface area contributed by atoms with Crippen LogP contribution in [-0.2, 0) is 30.9 Å². The predicted molar refractivity (Wildman–Crippen MR) is 79.2 cm³/mol. The van der Waals surface area contributed by atoms with Crippen LogP contribution in [0.4, 0.5) is 0 Å². The molecule has 0 aliphatic carbocycles. The van der Waals surface area contributed by atoms with Crippen LogP contribution in [0.5, 0.6) is 0 Å². The van der Waals surface area contributed by atoms with Gasteiger partial charge in [-0.1, -0.05) is 12.1 Å². The molecule has 0 fully saturated rings. The molecular weight excluding hydrogens is 310 g/mol. The smallest absolute Gasteiger partial charge is 0.309 e. The molecule has 1 aromatic rings. The van der Waals surface area contributed by atoms with Crippen molar-refractivity contribution in [1.82, 2.24) is 10.6 Å². The third-order valence-electron chi connectivity index (χ3n) is 2.72. The van der Waals surface area contributed by atoms with Crippen molar-refractivity contribution in [2.75, 3.05) is 20.3 Å². The van der Waals surface area contributed by atoms with E-state index in [9.17, 15) is 18.0 Å². The highest BCUT2D eigenvalue weighted by atomic mass is 32.2. The van der Waals surface area contributed by atoms with Crippen LogP contribution < -0.4 is 15.8 Å². The second kappa shape index (κ2) is 8.47. The van der Waals surface area contributed by atoms with Crippen molar-refractivity contribution in [2.24, 2.45) is 5.14 Å². The van der Waals surface area contributed by atoms with Crippen LogP contribution in [-0.4, -0.2) is 40.5 Å². The lowest BCUT2D eigenvalue weighted by molar-refractivity contribution is -0.139. The molecule has 2 amide bonds. The van der Waals surface area contributed by atoms with E-state index in [1.807, 2.05) is 0 Å². The van der Waals surface area contributed by atoms with Gasteiger partial charge in [-0.25, -0.2) is 13.6 Å². The number of carbonyl (C=O) groups excluding carboxylic acids is 2. The summed E-state index contributed by atoms with van der Waals surface area (Å²) in [6.45, 7) is 0.955. The predicted octanol–water partition coefficient (Wildman–Crippen LogP) is -0.897. The van der Waals surface area contributed by atoms with Crippen LogP contribution >= 0.6 is 0 Å². The molecule has 0 spiro atoms. The van der Waals surface area contributed by atoms with Gasteiger partial charge in [-0.2, -0.15) is 0 Å². The fourth-order valence-corrected chi connectivity index (χ4v) is 2.07. The molecule has 0 bridgehead atoms. The van der Waals surface area contributed by atoms with Crippen LogP contribution in [0.25, 0.3) is 0 Å². The Balaban J connectivity index is 2.42. The summed E-state index contributed by atoms with van der Waals surface area (Å²) >= 11 is 0. The van der Waals surface area contributed by atoms with Crippen LogP contribution in [0.3, 0.4) is 0 Å². The van der Waals surface area contributed by atoms with Crippen molar-refractivity contribution in [3.05, 3.63) is 29.8 Å². The molecular formula is C13H19N3O5S. The zero-order valence-corrected chi connectivity index (χ0v) is 13.0. The van der Waals surface area contributed by atoms with Gasteiger partial charge >= 0.3 is 11.8 Å². The first-order valence-electron chi connectivity index (χ1n) is 6.51. The zero-order chi connectivity index (χ0) is 16.6. The highest BCUT2D eigenvalue weighted by molar-refractivity contribution is 7.89. The fraction of sp³-hybridized carbons (Fsp3) is 0.385. The average Bonchev–Trinajstić information content (AvgIpc) is 2.48. The molecule has 0 unspecified atom stereocenters. The Morgan fingerprint density at radius 2 is 1.73 bits per heavy atom. The van der Waals surface area contributed by atoms with Gasteiger partial charge in [0.1, 0.15) is 0 Å². The van der Waals surface area contributed by atoms with Crippen LogP contribution in [0, 0.1) is 0 Å². The molecule has 0 aliphatic heterocycles. The molecule has 4 N–H and O–H groups in total. The van der Waals surface area contributed by atoms with Crippen LogP contribution in [0.1, 0.15) is 12.0 Å². The number of sulfonamides is 1. The lowest BCUT2D eigenvalue weighted by Crippen LogP contribution is -2.40. The van der Waals surface area contributed by atoms with Crippen molar-refractivity contribution in [1.29, 1.82) is 0 Å². The number of methoxy groups -OCH3 is 1. The summed E-state index contributed by atoms with van der Waals surface area (Å²) in [6.07, 6.45) is 0.616. The molecule has 0 heterocycles. The number of nitrogens with one attached hydrogen (secondary N) is 2. The molecule has 22 heavy (non-hydrogen) atoms. The second-order valence-electron chi connectivity index (χ2n) is 4.47. The second-order valence-corrected chi connectivity index (χ2v) is 6.04. The first-order valence-corrected chi connectivity index (χ1v) is 8.06. The summed E-state index contributed by atoms with van der Waals surface area (Å²) in [6, 6.07) is 5.69. The highest BCUT2D eigenvalue weighted by Crippen LogP contribution is 2.08. The molecule has 8 nitrogen and oxygen atoms in total. The molecule has 9 heteroatoms. The van der Waals surface area contributed by atoms with Gasteiger partial charge in [-0.15, -0.1) is 0 Å². The van der Waals surface area contributed by atoms with E-state index in [0.717, 1.165) is 0 Å². The zero-order valence-electron chi connectivity index (χ0n) is 12.2. The Labute approximate surface area is 129 Å². The number of ether oxygens (including phenoxy) is 1. The normalized spacial score (nSPS) is 11.0. The first-order chi connectivity index (χ1) is 10.3. The topological polar surface area (TPSA) is 128 Å². The van der Waals surface area contributed by atoms with Crippen molar-refractivity contribution in [3.63, 3.8) is 0 Å². The van der Waals surface area contributed by atoms with E-state index < -0.39 is 21.8 Å². The molecule has 0 radical (unpaired) electrons. The lowest BCUT2D eigenvalue weighted by Gasteiger charge is -2.07. The molecule has 0 aromatic heterocycles. The Morgan fingerprint density at radius 1 is 1.14 bits per heavy atom. The molecule has 0 atom stereocenters. The first kappa shape index (κ1) is 18.1. The van der Waals surface area contributed by atoms with Gasteiger partial charge in [-0.3, -0.25) is 9.59 Å². The maximum Gasteiger partial charge on any atom is 0.309 e. The van der Waals surface area contributed by atoms with E-state index in [1.54, 1.807) is 7.11 Å². The van der Waals surface area contributed by atoms with Gasteiger partial charge in [0.2, 0.25) is 10.0 Å². The van der Waals surface area contributed by atoms with Gasteiger partial charge < -0.3 is 15.4 Å². The molecule has 0 saturated heterocycles. The van der Waals surface area contributed by atoms with Crippen LogP contribution in [0.15, 0.2) is 29.2 Å². The Kier molecular flexibility index (Phi) is 6.96. The Bertz CT molecular complexity index is 613. The number of benzene rings is 1. The van der Waals surface area contributed by atoms with Gasteiger partial charge in [0, 0.05) is 26.8 Å². The summed E-state index contributed by atoms with van der Waals surface area (Å²) in [5, 5.41) is 9.87.